The fraction of sp³-hybridized carbons (Fsp3) is 0.750. The number of imide groups is 1. The first-order valence-corrected chi connectivity index (χ1v) is 9.71. The standard InChI is InChI=1S/C16H26N4O4S/c1-10(2)8-20-14(23)7-12(21)19-16(20)25-9-13(22)18-15(24)17-11-5-3-4-6-11/h10-11,16H,3-9H2,1-2H3,(H,19,21)(H2,17,18,22,24)/t16-/m1/s1. The Hall–Kier alpha value is -1.77. The molecule has 140 valence electrons. The van der Waals surface area contributed by atoms with Gasteiger partial charge in [-0.2, -0.15) is 0 Å². The first-order valence-electron chi connectivity index (χ1n) is 8.66. The second-order valence-corrected chi connectivity index (χ2v) is 7.92. The fourth-order valence-corrected chi connectivity index (χ4v) is 3.95. The van der Waals surface area contributed by atoms with Crippen molar-refractivity contribution in [1.82, 2.24) is 20.9 Å². The van der Waals surface area contributed by atoms with E-state index in [1.54, 1.807) is 4.90 Å². The average Bonchev–Trinajstić information content (AvgIpc) is 3.00. The van der Waals surface area contributed by atoms with Gasteiger partial charge in [-0.05, 0) is 18.8 Å². The van der Waals surface area contributed by atoms with Crippen LogP contribution in [0.25, 0.3) is 0 Å². The van der Waals surface area contributed by atoms with Crippen molar-refractivity contribution in [2.75, 3.05) is 12.3 Å². The highest BCUT2D eigenvalue weighted by atomic mass is 32.2. The zero-order chi connectivity index (χ0) is 18.4. The maximum absolute atomic E-state index is 12.1. The first kappa shape index (κ1) is 19.6. The van der Waals surface area contributed by atoms with Gasteiger partial charge in [0, 0.05) is 12.6 Å². The van der Waals surface area contributed by atoms with E-state index in [2.05, 4.69) is 16.0 Å². The molecule has 0 spiro atoms. The monoisotopic (exact) mass is 370 g/mol. The van der Waals surface area contributed by atoms with Gasteiger partial charge in [0.25, 0.3) is 0 Å². The summed E-state index contributed by atoms with van der Waals surface area (Å²) in [5.74, 6) is -0.813. The molecule has 0 unspecified atom stereocenters. The molecule has 0 bridgehead atoms. The Balaban J connectivity index is 1.80. The van der Waals surface area contributed by atoms with E-state index in [4.69, 9.17) is 0 Å². The molecule has 0 aromatic carbocycles. The molecule has 2 aliphatic rings. The summed E-state index contributed by atoms with van der Waals surface area (Å²) in [5.41, 5.74) is -0.584. The predicted octanol–water partition coefficient (Wildman–Crippen LogP) is 0.776. The maximum atomic E-state index is 12.1. The van der Waals surface area contributed by atoms with Crippen LogP contribution in [-0.4, -0.2) is 52.5 Å². The maximum Gasteiger partial charge on any atom is 0.321 e. The molecule has 25 heavy (non-hydrogen) atoms. The molecular formula is C16H26N4O4S. The number of urea groups is 1. The summed E-state index contributed by atoms with van der Waals surface area (Å²) >= 11 is 1.13. The quantitative estimate of drug-likeness (QED) is 0.599. The van der Waals surface area contributed by atoms with E-state index in [1.807, 2.05) is 13.8 Å². The van der Waals surface area contributed by atoms with Crippen LogP contribution in [0.2, 0.25) is 0 Å². The Morgan fingerprint density at radius 3 is 2.60 bits per heavy atom. The van der Waals surface area contributed by atoms with Crippen LogP contribution in [0, 0.1) is 5.92 Å². The molecule has 2 rings (SSSR count). The average molecular weight is 370 g/mol. The molecule has 0 aromatic rings. The minimum absolute atomic E-state index is 0.0229. The number of rotatable bonds is 6. The van der Waals surface area contributed by atoms with Crippen molar-refractivity contribution < 1.29 is 19.2 Å². The number of nitrogens with zero attached hydrogens (tertiary/aromatic N) is 1. The molecule has 3 N–H and O–H groups in total. The Morgan fingerprint density at radius 1 is 1.28 bits per heavy atom. The van der Waals surface area contributed by atoms with Crippen molar-refractivity contribution in [3.05, 3.63) is 0 Å². The van der Waals surface area contributed by atoms with E-state index < -0.39 is 17.4 Å². The molecule has 5 amide bonds. The topological polar surface area (TPSA) is 108 Å². The summed E-state index contributed by atoms with van der Waals surface area (Å²) in [5, 5.41) is 7.80. The van der Waals surface area contributed by atoms with Crippen molar-refractivity contribution >= 4 is 35.5 Å². The smallest absolute Gasteiger partial charge is 0.321 e. The molecule has 0 aromatic heterocycles. The minimum atomic E-state index is -0.584. The molecule has 2 fully saturated rings. The van der Waals surface area contributed by atoms with Crippen LogP contribution < -0.4 is 16.0 Å². The van der Waals surface area contributed by atoms with Gasteiger partial charge in [0.2, 0.25) is 17.7 Å². The SMILES string of the molecule is CC(C)CN1C(=O)CC(=O)N[C@H]1SCC(=O)NC(=O)NC1CCCC1. The van der Waals surface area contributed by atoms with Crippen LogP contribution in [0.15, 0.2) is 0 Å². The van der Waals surface area contributed by atoms with Crippen LogP contribution in [0.4, 0.5) is 4.79 Å². The fourth-order valence-electron chi connectivity index (χ4n) is 2.97. The Labute approximate surface area is 151 Å². The lowest BCUT2D eigenvalue weighted by atomic mass is 10.2. The second kappa shape index (κ2) is 9.07. The number of hydrogen-bond acceptors (Lipinski definition) is 5. The highest BCUT2D eigenvalue weighted by Gasteiger charge is 2.33. The molecule has 0 radical (unpaired) electrons. The third-order valence-corrected chi connectivity index (χ3v) is 5.19. The van der Waals surface area contributed by atoms with E-state index in [1.165, 1.54) is 0 Å². The predicted molar refractivity (Wildman–Crippen MR) is 94.5 cm³/mol. The van der Waals surface area contributed by atoms with Gasteiger partial charge in [-0.3, -0.25) is 19.7 Å². The number of carbonyl (C=O) groups is 4. The summed E-state index contributed by atoms with van der Waals surface area (Å²) in [6, 6.07) is -0.350. The molecule has 8 nitrogen and oxygen atoms in total. The summed E-state index contributed by atoms with van der Waals surface area (Å²) in [4.78, 5) is 49.0. The van der Waals surface area contributed by atoms with Gasteiger partial charge in [-0.25, -0.2) is 4.79 Å². The van der Waals surface area contributed by atoms with Crippen molar-refractivity contribution in [3.8, 4) is 0 Å². The zero-order valence-corrected chi connectivity index (χ0v) is 15.5. The van der Waals surface area contributed by atoms with E-state index in [0.717, 1.165) is 37.4 Å². The third kappa shape index (κ3) is 6.22. The van der Waals surface area contributed by atoms with Gasteiger partial charge < -0.3 is 15.5 Å². The number of carbonyl (C=O) groups excluding carboxylic acids is 4. The number of hydrogen-bond donors (Lipinski definition) is 3. The Morgan fingerprint density at radius 2 is 1.96 bits per heavy atom. The van der Waals surface area contributed by atoms with Crippen LogP contribution in [0.1, 0.15) is 46.0 Å². The van der Waals surface area contributed by atoms with Crippen LogP contribution in [0.5, 0.6) is 0 Å². The van der Waals surface area contributed by atoms with E-state index in [0.29, 0.717) is 6.54 Å². The molecule has 1 heterocycles. The lowest BCUT2D eigenvalue weighted by Crippen LogP contribution is -2.56. The number of thioether (sulfide) groups is 1. The van der Waals surface area contributed by atoms with Crippen molar-refractivity contribution in [2.24, 2.45) is 5.92 Å². The van der Waals surface area contributed by atoms with Crippen LogP contribution in [0.3, 0.4) is 0 Å². The van der Waals surface area contributed by atoms with E-state index >= 15 is 0 Å². The molecule has 1 saturated heterocycles. The Bertz CT molecular complexity index is 534. The number of nitrogens with one attached hydrogen (secondary N) is 3. The first-order chi connectivity index (χ1) is 11.8. The largest absolute Gasteiger partial charge is 0.335 e. The van der Waals surface area contributed by atoms with Crippen molar-refractivity contribution in [1.29, 1.82) is 0 Å². The summed E-state index contributed by atoms with van der Waals surface area (Å²) in [6.07, 6.45) is 3.90. The molecule has 1 aliphatic heterocycles. The van der Waals surface area contributed by atoms with E-state index in [9.17, 15) is 19.2 Å². The molecule has 1 saturated carbocycles. The van der Waals surface area contributed by atoms with Gasteiger partial charge >= 0.3 is 6.03 Å². The van der Waals surface area contributed by atoms with Crippen LogP contribution in [-0.2, 0) is 14.4 Å². The normalized spacial score (nSPS) is 21.4. The van der Waals surface area contributed by atoms with Gasteiger partial charge in [0.1, 0.15) is 6.42 Å². The van der Waals surface area contributed by atoms with Crippen molar-refractivity contribution in [2.45, 2.75) is 57.5 Å². The molecule has 1 atom stereocenters. The molecule has 9 heteroatoms. The Kier molecular flexibility index (Phi) is 7.10. The second-order valence-electron chi connectivity index (χ2n) is 6.85. The van der Waals surface area contributed by atoms with Gasteiger partial charge in [-0.1, -0.05) is 26.7 Å². The van der Waals surface area contributed by atoms with Crippen molar-refractivity contribution in [3.63, 3.8) is 0 Å². The van der Waals surface area contributed by atoms with Gasteiger partial charge in [0.15, 0.2) is 5.50 Å². The molecular weight excluding hydrogens is 344 g/mol. The van der Waals surface area contributed by atoms with E-state index in [-0.39, 0.29) is 35.9 Å². The zero-order valence-electron chi connectivity index (χ0n) is 14.7. The lowest BCUT2D eigenvalue weighted by molar-refractivity contribution is -0.142. The third-order valence-electron chi connectivity index (χ3n) is 4.08. The minimum Gasteiger partial charge on any atom is -0.335 e. The summed E-state index contributed by atoms with van der Waals surface area (Å²) in [7, 11) is 0. The summed E-state index contributed by atoms with van der Waals surface area (Å²) < 4.78 is 0. The highest BCUT2D eigenvalue weighted by molar-refractivity contribution is 8.00. The lowest BCUT2D eigenvalue weighted by Gasteiger charge is -2.36. The van der Waals surface area contributed by atoms with Gasteiger partial charge in [0.05, 0.1) is 5.75 Å². The van der Waals surface area contributed by atoms with Gasteiger partial charge in [-0.15, -0.1) is 11.8 Å². The number of amides is 5. The summed E-state index contributed by atoms with van der Waals surface area (Å²) in [6.45, 7) is 4.46. The van der Waals surface area contributed by atoms with Crippen LogP contribution >= 0.6 is 11.8 Å². The highest BCUT2D eigenvalue weighted by Crippen LogP contribution is 2.20. The molecule has 1 aliphatic carbocycles.